The molecule has 5 aromatic rings. The van der Waals surface area contributed by atoms with E-state index in [2.05, 4.69) is 25.8 Å². The average molecular weight is 473 g/mol. The van der Waals surface area contributed by atoms with Crippen molar-refractivity contribution in [2.24, 2.45) is 0 Å². The number of fused-ring (bicyclic) bond motifs is 2. The molecule has 0 atom stereocenters. The molecule has 2 amide bonds. The molecule has 0 unspecified atom stereocenters. The van der Waals surface area contributed by atoms with Gasteiger partial charge in [-0.15, -0.1) is 0 Å². The number of amides is 2. The smallest absolute Gasteiger partial charge is 0.323 e. The second kappa shape index (κ2) is 9.76. The fraction of sp³-hybridized carbons (Fsp3) is 0.115. The largest absolute Gasteiger partial charge is 0.456 e. The number of aromatic amines is 1. The molecule has 7 nitrogen and oxygen atoms in total. The second-order valence-electron chi connectivity index (χ2n) is 7.93. The fourth-order valence-corrected chi connectivity index (χ4v) is 3.85. The number of hydrogen-bond donors (Lipinski definition) is 3. The number of carbonyl (C=O) groups excluding carboxylic acids is 1. The second-order valence-corrected chi connectivity index (χ2v) is 7.93. The van der Waals surface area contributed by atoms with E-state index in [4.69, 9.17) is 4.74 Å². The first-order valence-electron chi connectivity index (χ1n) is 11.0. The molecule has 3 N–H and O–H groups in total. The summed E-state index contributed by atoms with van der Waals surface area (Å²) in [6.07, 6.45) is 1.07. The van der Waals surface area contributed by atoms with E-state index >= 15 is 0 Å². The average Bonchev–Trinajstić information content (AvgIpc) is 3.34. The van der Waals surface area contributed by atoms with E-state index in [1.165, 1.54) is 0 Å². The maximum atomic E-state index is 12.6. The highest BCUT2D eigenvalue weighted by Gasteiger charge is 2.09. The van der Waals surface area contributed by atoms with Gasteiger partial charge in [0, 0.05) is 24.0 Å². The number of nitrogens with zero attached hydrogens (tertiary/aromatic N) is 2. The van der Waals surface area contributed by atoms with Crippen molar-refractivity contribution in [3.63, 3.8) is 0 Å². The zero-order valence-electron chi connectivity index (χ0n) is 18.5. The molecule has 2 heterocycles. The van der Waals surface area contributed by atoms with Gasteiger partial charge in [0.15, 0.2) is 5.65 Å². The summed E-state index contributed by atoms with van der Waals surface area (Å²) in [4.78, 5) is 16.7. The lowest BCUT2D eigenvalue weighted by Crippen LogP contribution is -2.19. The van der Waals surface area contributed by atoms with E-state index in [-0.39, 0.29) is 6.42 Å². The van der Waals surface area contributed by atoms with Crippen LogP contribution in [0.3, 0.4) is 0 Å². The van der Waals surface area contributed by atoms with Crippen molar-refractivity contribution in [2.75, 3.05) is 10.6 Å². The molecule has 3 aromatic carbocycles. The highest BCUT2D eigenvalue weighted by atomic mass is 19.3. The van der Waals surface area contributed by atoms with Crippen LogP contribution in [-0.2, 0) is 6.42 Å². The summed E-state index contributed by atoms with van der Waals surface area (Å²) in [5, 5.41) is 14.9. The molecule has 0 aliphatic carbocycles. The van der Waals surface area contributed by atoms with E-state index in [1.54, 1.807) is 48.8 Å². The van der Waals surface area contributed by atoms with Gasteiger partial charge in [0.05, 0.1) is 11.6 Å². The third-order valence-corrected chi connectivity index (χ3v) is 5.51. The van der Waals surface area contributed by atoms with E-state index in [9.17, 15) is 13.6 Å². The third kappa shape index (κ3) is 5.19. The van der Waals surface area contributed by atoms with Crippen molar-refractivity contribution in [1.29, 1.82) is 0 Å². The summed E-state index contributed by atoms with van der Waals surface area (Å²) in [6, 6.07) is 19.3. The minimum Gasteiger partial charge on any atom is -0.456 e. The van der Waals surface area contributed by atoms with E-state index in [0.29, 0.717) is 34.9 Å². The first kappa shape index (κ1) is 22.3. The first-order valence-corrected chi connectivity index (χ1v) is 11.0. The maximum absolute atomic E-state index is 12.6. The summed E-state index contributed by atoms with van der Waals surface area (Å²) in [5.41, 5.74) is 2.69. The number of aryl methyl sites for hydroxylation is 1. The maximum Gasteiger partial charge on any atom is 0.323 e. The number of aromatic nitrogens is 3. The fourth-order valence-electron chi connectivity index (χ4n) is 3.85. The number of H-pyrrole nitrogens is 1. The van der Waals surface area contributed by atoms with Crippen molar-refractivity contribution in [3.8, 4) is 11.5 Å². The SMILES string of the molecule is O=C(Nc1ccc(Oc2ccnc3[nH]ncc23)cc1)Nc1ccc2c(CCC(F)F)cccc2c1. The number of rotatable bonds is 7. The lowest BCUT2D eigenvalue weighted by Gasteiger charge is -2.11. The van der Waals surface area contributed by atoms with Crippen LogP contribution in [0.25, 0.3) is 21.8 Å². The van der Waals surface area contributed by atoms with Gasteiger partial charge in [-0.3, -0.25) is 5.10 Å². The molecule has 0 fully saturated rings. The molecule has 2 aromatic heterocycles. The lowest BCUT2D eigenvalue weighted by molar-refractivity contribution is 0.138. The van der Waals surface area contributed by atoms with Crippen molar-refractivity contribution in [1.82, 2.24) is 15.2 Å². The Hall–Kier alpha value is -4.53. The van der Waals surface area contributed by atoms with Gasteiger partial charge >= 0.3 is 6.03 Å². The Balaban J connectivity index is 1.22. The van der Waals surface area contributed by atoms with E-state index < -0.39 is 12.5 Å². The minimum atomic E-state index is -2.33. The minimum absolute atomic E-state index is 0.179. The first-order chi connectivity index (χ1) is 17.0. The molecule has 0 bridgehead atoms. The lowest BCUT2D eigenvalue weighted by atomic mass is 10.0. The Morgan fingerprint density at radius 2 is 1.77 bits per heavy atom. The van der Waals surface area contributed by atoms with Crippen LogP contribution in [0.1, 0.15) is 12.0 Å². The zero-order valence-corrected chi connectivity index (χ0v) is 18.5. The Kier molecular flexibility index (Phi) is 6.21. The Morgan fingerprint density at radius 1 is 0.971 bits per heavy atom. The predicted octanol–water partition coefficient (Wildman–Crippen LogP) is 6.75. The van der Waals surface area contributed by atoms with E-state index in [0.717, 1.165) is 21.7 Å². The molecule has 0 saturated carbocycles. The number of urea groups is 1. The van der Waals surface area contributed by atoms with Crippen molar-refractivity contribution < 1.29 is 18.3 Å². The van der Waals surface area contributed by atoms with Gasteiger partial charge in [-0.1, -0.05) is 24.3 Å². The molecule has 0 radical (unpaired) electrons. The Bertz CT molecular complexity index is 1480. The van der Waals surface area contributed by atoms with Gasteiger partial charge in [-0.25, -0.2) is 18.6 Å². The standard InChI is InChI=1S/C26H21F2N5O2/c27-24(28)11-4-16-2-1-3-17-14-19(7-10-21(16)17)32-26(34)31-18-5-8-20(9-6-18)35-23-12-13-29-25-22(23)15-30-33-25/h1-3,5-10,12-15,24H,4,11H2,(H,29,30,33)(H2,31,32,34). The monoisotopic (exact) mass is 473 g/mol. The summed E-state index contributed by atoms with van der Waals surface area (Å²) in [6.45, 7) is 0. The number of alkyl halides is 2. The quantitative estimate of drug-likeness (QED) is 0.244. The van der Waals surface area contributed by atoms with Crippen LogP contribution < -0.4 is 15.4 Å². The molecule has 35 heavy (non-hydrogen) atoms. The summed E-state index contributed by atoms with van der Waals surface area (Å²) < 4.78 is 31.1. The molecule has 5 rings (SSSR count). The molecule has 0 spiro atoms. The van der Waals surface area contributed by atoms with Gasteiger partial charge in [-0.05, 0) is 65.2 Å². The van der Waals surface area contributed by atoms with Gasteiger partial charge in [0.1, 0.15) is 11.5 Å². The number of pyridine rings is 1. The Labute approximate surface area is 199 Å². The Morgan fingerprint density at radius 3 is 2.60 bits per heavy atom. The van der Waals surface area contributed by atoms with Crippen LogP contribution in [0, 0.1) is 0 Å². The van der Waals surface area contributed by atoms with Crippen molar-refractivity contribution >= 4 is 39.2 Å². The number of carbonyl (C=O) groups is 1. The van der Waals surface area contributed by atoms with Crippen molar-refractivity contribution in [3.05, 3.63) is 84.7 Å². The summed E-state index contributed by atoms with van der Waals surface area (Å²) in [7, 11) is 0. The molecular formula is C26H21F2N5O2. The number of ether oxygens (including phenoxy) is 1. The number of hydrogen-bond acceptors (Lipinski definition) is 4. The molecule has 0 aliphatic rings. The molecule has 176 valence electrons. The summed E-state index contributed by atoms with van der Waals surface area (Å²) >= 11 is 0. The van der Waals surface area contributed by atoms with Crippen LogP contribution in [0.15, 0.2) is 79.1 Å². The van der Waals surface area contributed by atoms with Crippen LogP contribution in [0.5, 0.6) is 11.5 Å². The highest BCUT2D eigenvalue weighted by molar-refractivity contribution is 6.01. The number of benzene rings is 3. The van der Waals surface area contributed by atoms with Gasteiger partial charge in [0.2, 0.25) is 6.43 Å². The van der Waals surface area contributed by atoms with Crippen LogP contribution >= 0.6 is 0 Å². The van der Waals surface area contributed by atoms with E-state index in [1.807, 2.05) is 30.3 Å². The zero-order chi connectivity index (χ0) is 24.2. The number of nitrogens with one attached hydrogen (secondary N) is 3. The summed E-state index contributed by atoms with van der Waals surface area (Å²) in [5.74, 6) is 1.22. The van der Waals surface area contributed by atoms with Crippen LogP contribution in [0.4, 0.5) is 25.0 Å². The highest BCUT2D eigenvalue weighted by Crippen LogP contribution is 2.29. The number of anilines is 2. The van der Waals surface area contributed by atoms with Crippen LogP contribution in [-0.4, -0.2) is 27.6 Å². The molecule has 0 aliphatic heterocycles. The van der Waals surface area contributed by atoms with Gasteiger partial charge in [0.25, 0.3) is 0 Å². The van der Waals surface area contributed by atoms with Crippen LogP contribution in [0.2, 0.25) is 0 Å². The predicted molar refractivity (Wildman–Crippen MR) is 131 cm³/mol. The van der Waals surface area contributed by atoms with Crippen molar-refractivity contribution in [2.45, 2.75) is 19.3 Å². The normalized spacial score (nSPS) is 11.2. The number of halogens is 2. The third-order valence-electron chi connectivity index (χ3n) is 5.51. The van der Waals surface area contributed by atoms with Gasteiger partial charge < -0.3 is 15.4 Å². The van der Waals surface area contributed by atoms with Gasteiger partial charge in [-0.2, -0.15) is 5.10 Å². The molecule has 0 saturated heterocycles. The molecular weight excluding hydrogens is 452 g/mol. The molecule has 9 heteroatoms. The topological polar surface area (TPSA) is 91.9 Å².